The fourth-order valence-electron chi connectivity index (χ4n) is 2.70. The highest BCUT2D eigenvalue weighted by Crippen LogP contribution is 2.18. The molecule has 1 aromatic heterocycles. The molecule has 0 aliphatic carbocycles. The molecule has 3 aromatic rings. The van der Waals surface area contributed by atoms with Crippen molar-refractivity contribution in [2.24, 2.45) is 0 Å². The van der Waals surface area contributed by atoms with Crippen molar-refractivity contribution >= 4 is 34.2 Å². The molecule has 1 N–H and O–H groups in total. The predicted octanol–water partition coefficient (Wildman–Crippen LogP) is 4.41. The number of halogens is 1. The van der Waals surface area contributed by atoms with Gasteiger partial charge >= 0.3 is 0 Å². The van der Waals surface area contributed by atoms with Crippen molar-refractivity contribution in [1.82, 2.24) is 9.78 Å². The average Bonchev–Trinajstić information content (AvgIpc) is 2.82. The Balaban J connectivity index is 1.84. The highest BCUT2D eigenvalue weighted by molar-refractivity contribution is 14.1. The minimum absolute atomic E-state index is 0.119. The molecule has 0 saturated heterocycles. The molecule has 0 fully saturated rings. The molecule has 2 aromatic carbocycles. The van der Waals surface area contributed by atoms with Gasteiger partial charge in [0.2, 0.25) is 0 Å². The molecule has 24 heavy (non-hydrogen) atoms. The van der Waals surface area contributed by atoms with Gasteiger partial charge in [-0.1, -0.05) is 36.4 Å². The minimum Gasteiger partial charge on any atom is -0.322 e. The van der Waals surface area contributed by atoms with Crippen molar-refractivity contribution in [2.75, 3.05) is 5.32 Å². The zero-order valence-electron chi connectivity index (χ0n) is 13.6. The summed E-state index contributed by atoms with van der Waals surface area (Å²) >= 11 is 2.23. The maximum Gasteiger partial charge on any atom is 0.259 e. The Hall–Kier alpha value is -2.15. The fourth-order valence-corrected chi connectivity index (χ4v) is 3.24. The van der Waals surface area contributed by atoms with E-state index in [1.165, 1.54) is 0 Å². The summed E-state index contributed by atoms with van der Waals surface area (Å²) in [5, 5.41) is 7.50. The number of benzene rings is 2. The summed E-state index contributed by atoms with van der Waals surface area (Å²) in [5.74, 6) is -0.119. The van der Waals surface area contributed by atoms with Gasteiger partial charge in [-0.05, 0) is 60.2 Å². The first-order valence-corrected chi connectivity index (χ1v) is 8.77. The highest BCUT2D eigenvalue weighted by atomic mass is 127. The van der Waals surface area contributed by atoms with Crippen LogP contribution in [0.25, 0.3) is 0 Å². The van der Waals surface area contributed by atoms with Crippen molar-refractivity contribution in [3.05, 3.63) is 80.7 Å². The molecule has 0 aliphatic heterocycles. The molecule has 0 aliphatic rings. The number of nitrogens with one attached hydrogen (secondary N) is 1. The zero-order valence-corrected chi connectivity index (χ0v) is 15.7. The quantitative estimate of drug-likeness (QED) is 0.623. The fraction of sp³-hybridized carbons (Fsp3) is 0.158. The van der Waals surface area contributed by atoms with E-state index in [-0.39, 0.29) is 5.91 Å². The molecule has 0 radical (unpaired) electrons. The maximum atomic E-state index is 12.7. The van der Waals surface area contributed by atoms with Gasteiger partial charge < -0.3 is 5.32 Å². The summed E-state index contributed by atoms with van der Waals surface area (Å²) in [7, 11) is 0. The lowest BCUT2D eigenvalue weighted by molar-refractivity contribution is 0.102. The van der Waals surface area contributed by atoms with Crippen LogP contribution >= 0.6 is 22.6 Å². The molecule has 1 heterocycles. The van der Waals surface area contributed by atoms with E-state index in [2.05, 4.69) is 45.1 Å². The first-order valence-electron chi connectivity index (χ1n) is 7.69. The lowest BCUT2D eigenvalue weighted by Crippen LogP contribution is -2.14. The van der Waals surface area contributed by atoms with E-state index in [0.29, 0.717) is 12.1 Å². The number of carbonyl (C=O) groups is 1. The van der Waals surface area contributed by atoms with Crippen LogP contribution in [0.2, 0.25) is 0 Å². The summed E-state index contributed by atoms with van der Waals surface area (Å²) in [6.45, 7) is 4.47. The van der Waals surface area contributed by atoms with Gasteiger partial charge in [0.25, 0.3) is 5.91 Å². The molecule has 0 atom stereocenters. The van der Waals surface area contributed by atoms with E-state index in [1.807, 2.05) is 61.0 Å². The van der Waals surface area contributed by atoms with Crippen LogP contribution in [0.3, 0.4) is 0 Å². The lowest BCUT2D eigenvalue weighted by atomic mass is 10.1. The number of rotatable bonds is 4. The molecular formula is C19H18IN3O. The number of aromatic nitrogens is 2. The molecule has 4 nitrogen and oxygen atoms in total. The number of anilines is 1. The maximum absolute atomic E-state index is 12.7. The summed E-state index contributed by atoms with van der Waals surface area (Å²) < 4.78 is 2.97. The second-order valence-electron chi connectivity index (χ2n) is 5.65. The van der Waals surface area contributed by atoms with Gasteiger partial charge in [0.05, 0.1) is 17.8 Å². The normalized spacial score (nSPS) is 10.6. The molecule has 1 amide bonds. The van der Waals surface area contributed by atoms with Gasteiger partial charge in [-0.25, -0.2) is 0 Å². The van der Waals surface area contributed by atoms with E-state index in [0.717, 1.165) is 26.2 Å². The second-order valence-corrected chi connectivity index (χ2v) is 6.90. The Morgan fingerprint density at radius 1 is 1.12 bits per heavy atom. The predicted molar refractivity (Wildman–Crippen MR) is 104 cm³/mol. The van der Waals surface area contributed by atoms with Crippen LogP contribution in [-0.4, -0.2) is 15.7 Å². The number of carbonyl (C=O) groups excluding carboxylic acids is 1. The van der Waals surface area contributed by atoms with Crippen LogP contribution in [-0.2, 0) is 6.54 Å². The Labute approximate surface area is 155 Å². The van der Waals surface area contributed by atoms with Crippen LogP contribution in [0.15, 0.2) is 54.6 Å². The molecule has 0 bridgehead atoms. The Bertz CT molecular complexity index is 872. The number of amides is 1. The Morgan fingerprint density at radius 3 is 2.58 bits per heavy atom. The SMILES string of the molecule is Cc1nn(Cc2ccccc2)c(C)c1C(=O)Nc1cccc(I)c1. The summed E-state index contributed by atoms with van der Waals surface area (Å²) in [4.78, 5) is 12.7. The van der Waals surface area contributed by atoms with Crippen LogP contribution in [0, 0.1) is 17.4 Å². The molecule has 3 rings (SSSR count). The van der Waals surface area contributed by atoms with Gasteiger partial charge in [-0.2, -0.15) is 5.10 Å². The third kappa shape index (κ3) is 3.67. The third-order valence-electron chi connectivity index (χ3n) is 3.87. The van der Waals surface area contributed by atoms with E-state index in [9.17, 15) is 4.79 Å². The smallest absolute Gasteiger partial charge is 0.259 e. The average molecular weight is 431 g/mol. The Morgan fingerprint density at radius 2 is 1.88 bits per heavy atom. The number of aryl methyl sites for hydroxylation is 1. The summed E-state index contributed by atoms with van der Waals surface area (Å²) in [5.41, 5.74) is 4.21. The van der Waals surface area contributed by atoms with Crippen molar-refractivity contribution in [2.45, 2.75) is 20.4 Å². The molecular weight excluding hydrogens is 413 g/mol. The van der Waals surface area contributed by atoms with Gasteiger partial charge in [0, 0.05) is 15.0 Å². The van der Waals surface area contributed by atoms with Gasteiger partial charge in [0.1, 0.15) is 0 Å². The van der Waals surface area contributed by atoms with Gasteiger partial charge in [0.15, 0.2) is 0 Å². The van der Waals surface area contributed by atoms with Crippen LogP contribution < -0.4 is 5.32 Å². The van der Waals surface area contributed by atoms with Crippen molar-refractivity contribution in [3.8, 4) is 0 Å². The molecule has 5 heteroatoms. The largest absolute Gasteiger partial charge is 0.322 e. The first kappa shape index (κ1) is 16.7. The van der Waals surface area contributed by atoms with E-state index in [4.69, 9.17) is 0 Å². The van der Waals surface area contributed by atoms with Crippen molar-refractivity contribution in [1.29, 1.82) is 0 Å². The summed E-state index contributed by atoms with van der Waals surface area (Å²) in [6.07, 6.45) is 0. The highest BCUT2D eigenvalue weighted by Gasteiger charge is 2.19. The van der Waals surface area contributed by atoms with E-state index in [1.54, 1.807) is 0 Å². The van der Waals surface area contributed by atoms with E-state index >= 15 is 0 Å². The lowest BCUT2D eigenvalue weighted by Gasteiger charge is -2.07. The first-order chi connectivity index (χ1) is 11.5. The number of hydrogen-bond donors (Lipinski definition) is 1. The van der Waals surface area contributed by atoms with Gasteiger partial charge in [-0.3, -0.25) is 9.48 Å². The molecule has 0 spiro atoms. The van der Waals surface area contributed by atoms with Crippen molar-refractivity contribution < 1.29 is 4.79 Å². The topological polar surface area (TPSA) is 46.9 Å². The molecule has 122 valence electrons. The number of nitrogens with zero attached hydrogens (tertiary/aromatic N) is 2. The van der Waals surface area contributed by atoms with Crippen LogP contribution in [0.5, 0.6) is 0 Å². The third-order valence-corrected chi connectivity index (χ3v) is 4.54. The zero-order chi connectivity index (χ0) is 17.1. The van der Waals surface area contributed by atoms with Crippen molar-refractivity contribution in [3.63, 3.8) is 0 Å². The van der Waals surface area contributed by atoms with Gasteiger partial charge in [-0.15, -0.1) is 0 Å². The number of hydrogen-bond acceptors (Lipinski definition) is 2. The van der Waals surface area contributed by atoms with E-state index < -0.39 is 0 Å². The molecule has 0 unspecified atom stereocenters. The molecule has 0 saturated carbocycles. The minimum atomic E-state index is -0.119. The second kappa shape index (κ2) is 7.17. The Kier molecular flexibility index (Phi) is 4.99. The van der Waals surface area contributed by atoms with Crippen LogP contribution in [0.1, 0.15) is 27.3 Å². The summed E-state index contributed by atoms with van der Waals surface area (Å²) in [6, 6.07) is 17.9. The standard InChI is InChI=1S/C19H18IN3O/c1-13-18(19(24)21-17-10-6-9-16(20)11-17)14(2)23(22-13)12-15-7-4-3-5-8-15/h3-11H,12H2,1-2H3,(H,21,24). The monoisotopic (exact) mass is 431 g/mol. The van der Waals surface area contributed by atoms with Crippen LogP contribution in [0.4, 0.5) is 5.69 Å².